The van der Waals surface area contributed by atoms with Crippen molar-refractivity contribution in [2.24, 2.45) is 0 Å². The van der Waals surface area contributed by atoms with Crippen molar-refractivity contribution in [2.45, 2.75) is 44.2 Å². The van der Waals surface area contributed by atoms with Crippen LogP contribution in [0.1, 0.15) is 32.1 Å². The van der Waals surface area contributed by atoms with Gasteiger partial charge in [-0.15, -0.1) is 0 Å². The van der Waals surface area contributed by atoms with Gasteiger partial charge in [-0.3, -0.25) is 4.79 Å². The van der Waals surface area contributed by atoms with Gasteiger partial charge in [0.15, 0.2) is 0 Å². The van der Waals surface area contributed by atoms with E-state index in [1.54, 1.807) is 0 Å². The number of carbonyl (C=O) groups excluding carboxylic acids is 1. The van der Waals surface area contributed by atoms with Crippen LogP contribution in [0.3, 0.4) is 0 Å². The molecular weight excluding hydrogens is 280 g/mol. The fourth-order valence-corrected chi connectivity index (χ4v) is 3.00. The van der Waals surface area contributed by atoms with Crippen molar-refractivity contribution in [2.75, 3.05) is 25.1 Å². The van der Waals surface area contributed by atoms with Crippen molar-refractivity contribution in [1.29, 1.82) is 0 Å². The summed E-state index contributed by atoms with van der Waals surface area (Å²) in [6.07, 6.45) is 5.14. The Morgan fingerprint density at radius 1 is 1.36 bits per heavy atom. The zero-order chi connectivity index (χ0) is 15.2. The summed E-state index contributed by atoms with van der Waals surface area (Å²) in [7, 11) is 0. The number of anilines is 1. The first kappa shape index (κ1) is 15.3. The Hall–Kier alpha value is -1.59. The van der Waals surface area contributed by atoms with Crippen LogP contribution in [0.4, 0.5) is 5.69 Å². The third-order valence-corrected chi connectivity index (χ3v) is 4.17. The molecule has 3 rings (SSSR count). The molecule has 0 aliphatic carbocycles. The van der Waals surface area contributed by atoms with E-state index < -0.39 is 0 Å². The lowest BCUT2D eigenvalue weighted by Gasteiger charge is -2.13. The van der Waals surface area contributed by atoms with Crippen LogP contribution >= 0.6 is 0 Å². The van der Waals surface area contributed by atoms with Crippen LogP contribution in [0.5, 0.6) is 5.75 Å². The van der Waals surface area contributed by atoms with Gasteiger partial charge in [0.1, 0.15) is 12.4 Å². The number of amides is 1. The number of ether oxygens (including phenoxy) is 2. The summed E-state index contributed by atoms with van der Waals surface area (Å²) in [4.78, 5) is 12.0. The molecule has 1 aromatic carbocycles. The molecule has 2 atom stereocenters. The number of nitrogens with one attached hydrogen (secondary N) is 2. The molecule has 2 aliphatic rings. The zero-order valence-corrected chi connectivity index (χ0v) is 12.8. The molecule has 0 radical (unpaired) electrons. The third kappa shape index (κ3) is 4.45. The molecule has 5 heteroatoms. The number of benzene rings is 1. The fraction of sp³-hybridized carbons (Fsp3) is 0.588. The number of carbonyl (C=O) groups is 1. The van der Waals surface area contributed by atoms with Crippen LogP contribution in [0.25, 0.3) is 0 Å². The summed E-state index contributed by atoms with van der Waals surface area (Å²) >= 11 is 0. The van der Waals surface area contributed by atoms with Crippen molar-refractivity contribution < 1.29 is 14.3 Å². The van der Waals surface area contributed by atoms with E-state index in [4.69, 9.17) is 9.47 Å². The average Bonchev–Trinajstić information content (AvgIpc) is 3.18. The number of rotatable bonds is 6. The van der Waals surface area contributed by atoms with Gasteiger partial charge in [0.05, 0.1) is 6.10 Å². The topological polar surface area (TPSA) is 59.6 Å². The molecule has 0 saturated carbocycles. The second kappa shape index (κ2) is 7.61. The highest BCUT2D eigenvalue weighted by atomic mass is 16.5. The molecule has 22 heavy (non-hydrogen) atoms. The highest BCUT2D eigenvalue weighted by Crippen LogP contribution is 2.20. The molecule has 0 bridgehead atoms. The monoisotopic (exact) mass is 304 g/mol. The number of hydrogen-bond donors (Lipinski definition) is 2. The van der Waals surface area contributed by atoms with Crippen LogP contribution < -0.4 is 15.4 Å². The quantitative estimate of drug-likeness (QED) is 0.847. The van der Waals surface area contributed by atoms with Crippen molar-refractivity contribution >= 4 is 11.6 Å². The molecule has 5 nitrogen and oxygen atoms in total. The first-order valence-corrected chi connectivity index (χ1v) is 8.17. The minimum Gasteiger partial charge on any atom is -0.491 e. The van der Waals surface area contributed by atoms with Crippen LogP contribution in [0.2, 0.25) is 0 Å². The molecule has 2 saturated heterocycles. The van der Waals surface area contributed by atoms with Crippen molar-refractivity contribution in [1.82, 2.24) is 5.32 Å². The van der Waals surface area contributed by atoms with Crippen molar-refractivity contribution in [3.63, 3.8) is 0 Å². The van der Waals surface area contributed by atoms with Gasteiger partial charge in [-0.05, 0) is 44.4 Å². The van der Waals surface area contributed by atoms with E-state index in [0.717, 1.165) is 50.3 Å². The molecule has 2 N–H and O–H groups in total. The molecule has 1 aromatic rings. The summed E-state index contributed by atoms with van der Waals surface area (Å²) in [5.74, 6) is 0.822. The van der Waals surface area contributed by atoms with Gasteiger partial charge in [0, 0.05) is 30.8 Å². The lowest BCUT2D eigenvalue weighted by molar-refractivity contribution is -0.116. The smallest absolute Gasteiger partial charge is 0.225 e. The van der Waals surface area contributed by atoms with Crippen molar-refractivity contribution in [3.05, 3.63) is 24.3 Å². The maximum Gasteiger partial charge on any atom is 0.225 e. The minimum absolute atomic E-state index is 0.0516. The zero-order valence-electron chi connectivity index (χ0n) is 12.8. The maximum atomic E-state index is 12.0. The molecule has 2 unspecified atom stereocenters. The van der Waals surface area contributed by atoms with Gasteiger partial charge in [-0.1, -0.05) is 6.07 Å². The first-order chi connectivity index (χ1) is 10.8. The largest absolute Gasteiger partial charge is 0.491 e. The SMILES string of the molecule is O=C(CC1CCCN1)Nc1cccc(OCC2CCCO2)c1. The summed E-state index contributed by atoms with van der Waals surface area (Å²) in [5, 5.41) is 6.28. The Balaban J connectivity index is 1.48. The molecular formula is C17H24N2O3. The van der Waals surface area contributed by atoms with E-state index in [1.165, 1.54) is 0 Å². The highest BCUT2D eigenvalue weighted by molar-refractivity contribution is 5.91. The van der Waals surface area contributed by atoms with Gasteiger partial charge in [0.25, 0.3) is 0 Å². The highest BCUT2D eigenvalue weighted by Gasteiger charge is 2.18. The Morgan fingerprint density at radius 3 is 3.09 bits per heavy atom. The normalized spacial score (nSPS) is 24.4. The average molecular weight is 304 g/mol. The molecule has 120 valence electrons. The van der Waals surface area contributed by atoms with Crippen molar-refractivity contribution in [3.8, 4) is 5.75 Å². The van der Waals surface area contributed by atoms with E-state index in [-0.39, 0.29) is 12.0 Å². The van der Waals surface area contributed by atoms with Gasteiger partial charge >= 0.3 is 0 Å². The lowest BCUT2D eigenvalue weighted by atomic mass is 10.1. The van der Waals surface area contributed by atoms with E-state index in [2.05, 4.69) is 10.6 Å². The van der Waals surface area contributed by atoms with Gasteiger partial charge in [0.2, 0.25) is 5.91 Å². The van der Waals surface area contributed by atoms with Crippen LogP contribution in [0, 0.1) is 0 Å². The fourth-order valence-electron chi connectivity index (χ4n) is 3.00. The molecule has 0 aromatic heterocycles. The predicted octanol–water partition coefficient (Wildman–Crippen LogP) is 2.33. The summed E-state index contributed by atoms with van der Waals surface area (Å²) in [6.45, 7) is 2.42. The Labute approximate surface area is 131 Å². The van der Waals surface area contributed by atoms with E-state index in [9.17, 15) is 4.79 Å². The molecule has 1 amide bonds. The Kier molecular flexibility index (Phi) is 5.29. The van der Waals surface area contributed by atoms with Gasteiger partial charge in [-0.2, -0.15) is 0 Å². The Morgan fingerprint density at radius 2 is 2.32 bits per heavy atom. The molecule has 0 spiro atoms. The maximum absolute atomic E-state index is 12.0. The van der Waals surface area contributed by atoms with Crippen LogP contribution in [-0.4, -0.2) is 37.8 Å². The van der Waals surface area contributed by atoms with E-state index >= 15 is 0 Å². The molecule has 2 aliphatic heterocycles. The lowest BCUT2D eigenvalue weighted by Crippen LogP contribution is -2.27. The minimum atomic E-state index is 0.0516. The molecule has 2 fully saturated rings. The second-order valence-electron chi connectivity index (χ2n) is 6.02. The van der Waals surface area contributed by atoms with Gasteiger partial charge in [-0.25, -0.2) is 0 Å². The van der Waals surface area contributed by atoms with E-state index in [1.807, 2.05) is 24.3 Å². The third-order valence-electron chi connectivity index (χ3n) is 4.17. The van der Waals surface area contributed by atoms with Crippen LogP contribution in [-0.2, 0) is 9.53 Å². The predicted molar refractivity (Wildman–Crippen MR) is 85.2 cm³/mol. The number of hydrogen-bond acceptors (Lipinski definition) is 4. The van der Waals surface area contributed by atoms with E-state index in [0.29, 0.717) is 19.1 Å². The molecule has 2 heterocycles. The second-order valence-corrected chi connectivity index (χ2v) is 6.02. The first-order valence-electron chi connectivity index (χ1n) is 8.17. The van der Waals surface area contributed by atoms with Gasteiger partial charge < -0.3 is 20.1 Å². The summed E-state index contributed by atoms with van der Waals surface area (Å²) < 4.78 is 11.3. The summed E-state index contributed by atoms with van der Waals surface area (Å²) in [6, 6.07) is 7.88. The standard InChI is InChI=1S/C17H24N2O3/c20-17(11-13-5-2-8-18-13)19-14-4-1-6-15(10-14)22-12-16-7-3-9-21-16/h1,4,6,10,13,16,18H,2-3,5,7-9,11-12H2,(H,19,20). The Bertz CT molecular complexity index is 494. The summed E-state index contributed by atoms with van der Waals surface area (Å²) in [5.41, 5.74) is 0.785. The van der Waals surface area contributed by atoms with Crippen LogP contribution in [0.15, 0.2) is 24.3 Å².